The number of amides is 1. The van der Waals surface area contributed by atoms with Gasteiger partial charge in [0.05, 0.1) is 26.2 Å². The van der Waals surface area contributed by atoms with Gasteiger partial charge in [-0.1, -0.05) is 19.3 Å². The lowest BCUT2D eigenvalue weighted by molar-refractivity contribution is -0.114. The van der Waals surface area contributed by atoms with Crippen LogP contribution in [0.5, 0.6) is 5.75 Å². The number of carbonyl (C=O) groups excluding carboxylic acids is 1. The highest BCUT2D eigenvalue weighted by Crippen LogP contribution is 2.30. The lowest BCUT2D eigenvalue weighted by Crippen LogP contribution is -2.14. The van der Waals surface area contributed by atoms with Crippen molar-refractivity contribution in [2.24, 2.45) is 0 Å². The van der Waals surface area contributed by atoms with Gasteiger partial charge >= 0.3 is 5.92 Å². The minimum absolute atomic E-state index is 0.178. The molecule has 1 aliphatic carbocycles. The van der Waals surface area contributed by atoms with Gasteiger partial charge < -0.3 is 15.4 Å². The Morgan fingerprint density at radius 1 is 1.14 bits per heavy atom. The van der Waals surface area contributed by atoms with Crippen LogP contribution in [0.1, 0.15) is 44.6 Å². The van der Waals surface area contributed by atoms with Crippen LogP contribution in [0, 0.1) is 6.92 Å². The van der Waals surface area contributed by atoms with E-state index in [1.54, 1.807) is 6.92 Å². The molecule has 2 heterocycles. The SMILES string of the molecule is C1CC1.CF.COc1cnc(NC(C)=O)cc1Nc1cc(C)nc(C(C)(F)F)n1. The van der Waals surface area contributed by atoms with Crippen LogP contribution < -0.4 is 15.4 Å². The van der Waals surface area contributed by atoms with E-state index < -0.39 is 11.7 Å². The van der Waals surface area contributed by atoms with Crippen molar-refractivity contribution in [2.45, 2.75) is 46.0 Å². The van der Waals surface area contributed by atoms with Gasteiger partial charge in [-0.25, -0.2) is 15.0 Å². The predicted octanol–water partition coefficient (Wildman–Crippen LogP) is 4.76. The molecule has 3 rings (SSSR count). The lowest BCUT2D eigenvalue weighted by Gasteiger charge is -2.14. The molecule has 2 aromatic heterocycles. The first-order valence-corrected chi connectivity index (χ1v) is 8.89. The number of aromatic nitrogens is 3. The molecule has 1 saturated carbocycles. The Balaban J connectivity index is 0.000000747. The van der Waals surface area contributed by atoms with Crippen molar-refractivity contribution in [3.8, 4) is 5.75 Å². The molecule has 1 aliphatic rings. The summed E-state index contributed by atoms with van der Waals surface area (Å²) in [6.07, 6.45) is 5.90. The molecule has 0 bridgehead atoms. The van der Waals surface area contributed by atoms with E-state index in [2.05, 4.69) is 25.6 Å². The van der Waals surface area contributed by atoms with E-state index >= 15 is 0 Å². The van der Waals surface area contributed by atoms with Crippen molar-refractivity contribution in [1.29, 1.82) is 0 Å². The van der Waals surface area contributed by atoms with Gasteiger partial charge in [-0.15, -0.1) is 0 Å². The van der Waals surface area contributed by atoms with E-state index in [9.17, 15) is 18.0 Å². The third kappa shape index (κ3) is 8.75. The molecule has 0 saturated heterocycles. The molecule has 1 amide bonds. The van der Waals surface area contributed by atoms with Gasteiger partial charge in [0, 0.05) is 31.7 Å². The number of nitrogens with zero attached hydrogens (tertiary/aromatic N) is 3. The highest BCUT2D eigenvalue weighted by Gasteiger charge is 2.29. The fourth-order valence-electron chi connectivity index (χ4n) is 1.92. The van der Waals surface area contributed by atoms with Crippen molar-refractivity contribution >= 4 is 23.2 Å². The number of methoxy groups -OCH3 is 1. The van der Waals surface area contributed by atoms with E-state index in [4.69, 9.17) is 4.74 Å². The quantitative estimate of drug-likeness (QED) is 0.735. The fourth-order valence-corrected chi connectivity index (χ4v) is 1.92. The van der Waals surface area contributed by atoms with Crippen LogP contribution in [-0.2, 0) is 10.7 Å². The maximum atomic E-state index is 13.5. The topological polar surface area (TPSA) is 89.0 Å². The number of pyridine rings is 1. The normalized spacial score (nSPS) is 11.9. The van der Waals surface area contributed by atoms with Crippen molar-refractivity contribution in [1.82, 2.24) is 15.0 Å². The Hall–Kier alpha value is -2.91. The second kappa shape index (κ2) is 11.2. The summed E-state index contributed by atoms with van der Waals surface area (Å²) >= 11 is 0. The Labute approximate surface area is 168 Å². The number of hydrogen-bond acceptors (Lipinski definition) is 6. The highest BCUT2D eigenvalue weighted by molar-refractivity contribution is 5.88. The van der Waals surface area contributed by atoms with Gasteiger partial charge in [0.15, 0.2) is 5.75 Å². The molecule has 2 N–H and O–H groups in total. The van der Waals surface area contributed by atoms with Gasteiger partial charge in [0.2, 0.25) is 11.7 Å². The number of alkyl halides is 3. The molecular weight excluding hydrogens is 387 g/mol. The van der Waals surface area contributed by atoms with E-state index in [-0.39, 0.29) is 17.5 Å². The first-order valence-electron chi connectivity index (χ1n) is 8.89. The lowest BCUT2D eigenvalue weighted by atomic mass is 10.3. The first-order chi connectivity index (χ1) is 13.7. The minimum atomic E-state index is -3.16. The maximum Gasteiger partial charge on any atom is 0.303 e. The monoisotopic (exact) mass is 413 g/mol. The third-order valence-corrected chi connectivity index (χ3v) is 3.25. The Kier molecular flexibility index (Phi) is 9.30. The first kappa shape index (κ1) is 24.1. The van der Waals surface area contributed by atoms with Crippen LogP contribution in [0.15, 0.2) is 18.3 Å². The summed E-state index contributed by atoms with van der Waals surface area (Å²) in [4.78, 5) is 22.7. The van der Waals surface area contributed by atoms with Crippen LogP contribution in [0.4, 0.5) is 30.5 Å². The van der Waals surface area contributed by atoms with E-state index in [0.717, 1.165) is 6.92 Å². The van der Waals surface area contributed by atoms with Crippen molar-refractivity contribution < 1.29 is 22.7 Å². The number of halogens is 3. The number of nitrogens with one attached hydrogen (secondary N) is 2. The highest BCUT2D eigenvalue weighted by atomic mass is 19.3. The van der Waals surface area contributed by atoms with Crippen LogP contribution in [0.2, 0.25) is 0 Å². The van der Waals surface area contributed by atoms with Crippen LogP contribution in [0.3, 0.4) is 0 Å². The molecule has 10 heteroatoms. The fraction of sp³-hybridized carbons (Fsp3) is 0.474. The number of anilines is 3. The molecule has 0 atom stereocenters. The number of carbonyl (C=O) groups is 1. The molecule has 7 nitrogen and oxygen atoms in total. The number of rotatable bonds is 5. The zero-order valence-electron chi connectivity index (χ0n) is 17.1. The zero-order valence-corrected chi connectivity index (χ0v) is 17.1. The van der Waals surface area contributed by atoms with Gasteiger partial charge in [-0.05, 0) is 6.92 Å². The molecular formula is C19H26F3N5O2. The predicted molar refractivity (Wildman–Crippen MR) is 106 cm³/mol. The standard InChI is InChI=1S/C15H17F2N5O2.C3H6.CH3F/c1-8-5-13(22-14(19-8)15(3,16)17)21-10-6-12(20-9(2)23)18-7-11(10)24-4;1-2-3-1;1-2/h5-7H,1-4H3,(H2,18,19,20,21,22,23);1-3H2;1H3. The molecule has 0 radical (unpaired) electrons. The van der Waals surface area contributed by atoms with Crippen LogP contribution >= 0.6 is 0 Å². The largest absolute Gasteiger partial charge is 0.493 e. The zero-order chi connectivity index (χ0) is 22.0. The summed E-state index contributed by atoms with van der Waals surface area (Å²) in [5, 5.41) is 5.42. The van der Waals surface area contributed by atoms with Gasteiger partial charge in [-0.2, -0.15) is 8.78 Å². The number of ether oxygens (including phenoxy) is 1. The number of hydrogen-bond donors (Lipinski definition) is 2. The number of aryl methyl sites for hydroxylation is 1. The Morgan fingerprint density at radius 2 is 1.76 bits per heavy atom. The molecule has 160 valence electrons. The molecule has 0 aliphatic heterocycles. The van der Waals surface area contributed by atoms with Gasteiger partial charge in [0.25, 0.3) is 0 Å². The smallest absolute Gasteiger partial charge is 0.303 e. The van der Waals surface area contributed by atoms with Gasteiger partial charge in [0.1, 0.15) is 11.6 Å². The van der Waals surface area contributed by atoms with Crippen molar-refractivity contribution in [3.05, 3.63) is 29.8 Å². The van der Waals surface area contributed by atoms with E-state index in [0.29, 0.717) is 24.3 Å². The third-order valence-electron chi connectivity index (χ3n) is 3.25. The van der Waals surface area contributed by atoms with Gasteiger partial charge in [-0.3, -0.25) is 9.18 Å². The summed E-state index contributed by atoms with van der Waals surface area (Å²) < 4.78 is 41.6. The van der Waals surface area contributed by atoms with E-state index in [1.165, 1.54) is 51.6 Å². The average Bonchev–Trinajstić information content (AvgIpc) is 3.51. The second-order valence-electron chi connectivity index (χ2n) is 6.24. The van der Waals surface area contributed by atoms with Crippen molar-refractivity contribution in [3.63, 3.8) is 0 Å². The summed E-state index contributed by atoms with van der Waals surface area (Å²) in [6, 6.07) is 3.04. The summed E-state index contributed by atoms with van der Waals surface area (Å²) in [7, 11) is 1.94. The average molecular weight is 413 g/mol. The molecule has 0 unspecified atom stereocenters. The van der Waals surface area contributed by atoms with E-state index in [1.807, 2.05) is 0 Å². The molecule has 29 heavy (non-hydrogen) atoms. The molecule has 0 spiro atoms. The van der Waals surface area contributed by atoms with Crippen LogP contribution in [-0.4, -0.2) is 35.1 Å². The summed E-state index contributed by atoms with van der Waals surface area (Å²) in [5.74, 6) is -3.20. The Bertz CT molecular complexity index is 808. The molecule has 0 aromatic carbocycles. The summed E-state index contributed by atoms with van der Waals surface area (Å²) in [5.41, 5.74) is 0.804. The van der Waals surface area contributed by atoms with Crippen molar-refractivity contribution in [2.75, 3.05) is 24.9 Å². The minimum Gasteiger partial charge on any atom is -0.493 e. The van der Waals surface area contributed by atoms with Crippen LogP contribution in [0.25, 0.3) is 0 Å². The Morgan fingerprint density at radius 3 is 2.24 bits per heavy atom. The molecule has 2 aromatic rings. The summed E-state index contributed by atoms with van der Waals surface area (Å²) in [6.45, 7) is 3.67. The second-order valence-corrected chi connectivity index (χ2v) is 6.24. The molecule has 1 fully saturated rings. The maximum absolute atomic E-state index is 13.5.